The fourth-order valence-electron chi connectivity index (χ4n) is 4.75. The molecule has 0 atom stereocenters. The predicted molar refractivity (Wildman–Crippen MR) is 144 cm³/mol. The van der Waals surface area contributed by atoms with Gasteiger partial charge in [0.2, 0.25) is 0 Å². The Balaban J connectivity index is 1.85. The summed E-state index contributed by atoms with van der Waals surface area (Å²) in [6.07, 6.45) is 1.82. The number of rotatable bonds is 5. The number of hydrogen-bond donors (Lipinski definition) is 0. The monoisotopic (exact) mass is 532 g/mol. The van der Waals surface area contributed by atoms with Gasteiger partial charge in [0.05, 0.1) is 17.8 Å². The van der Waals surface area contributed by atoms with E-state index in [4.69, 9.17) is 4.74 Å². The molecule has 2 aromatic carbocycles. The first kappa shape index (κ1) is 24.7. The topological polar surface area (TPSA) is 51.5 Å². The van der Waals surface area contributed by atoms with Crippen molar-refractivity contribution in [2.45, 2.75) is 41.5 Å². The van der Waals surface area contributed by atoms with Crippen LogP contribution in [0.15, 0.2) is 69.8 Å². The summed E-state index contributed by atoms with van der Waals surface area (Å²) in [6.45, 7) is 12.0. The van der Waals surface area contributed by atoms with E-state index >= 15 is 0 Å². The average molecular weight is 533 g/mol. The number of allylic oxidation sites excluding steroid dienone is 1. The van der Waals surface area contributed by atoms with Crippen LogP contribution >= 0.6 is 15.9 Å². The summed E-state index contributed by atoms with van der Waals surface area (Å²) in [5, 5.41) is 0. The molecule has 6 heteroatoms. The Morgan fingerprint density at radius 2 is 1.57 bits per heavy atom. The van der Waals surface area contributed by atoms with Gasteiger partial charge in [0.25, 0.3) is 5.91 Å². The van der Waals surface area contributed by atoms with E-state index in [-0.39, 0.29) is 12.5 Å². The van der Waals surface area contributed by atoms with E-state index in [0.717, 1.165) is 27.1 Å². The lowest BCUT2D eigenvalue weighted by Gasteiger charge is -2.18. The van der Waals surface area contributed by atoms with Gasteiger partial charge >= 0.3 is 5.97 Å². The minimum Gasteiger partial charge on any atom is -0.462 e. The Morgan fingerprint density at radius 1 is 0.943 bits per heavy atom. The second-order valence-electron chi connectivity index (χ2n) is 8.86. The van der Waals surface area contributed by atoms with E-state index in [0.29, 0.717) is 22.5 Å². The number of carbonyl (C=O) groups is 2. The molecule has 0 saturated carbocycles. The summed E-state index contributed by atoms with van der Waals surface area (Å²) in [5.74, 6) is -0.739. The van der Waals surface area contributed by atoms with Crippen LogP contribution in [-0.4, -0.2) is 23.1 Å². The van der Waals surface area contributed by atoms with Gasteiger partial charge in [-0.15, -0.1) is 0 Å². The molecule has 1 aliphatic rings. The van der Waals surface area contributed by atoms with Crippen LogP contribution in [0.4, 0.5) is 5.69 Å². The normalized spacial score (nSPS) is 14.9. The molecule has 0 fully saturated rings. The number of aromatic nitrogens is 1. The summed E-state index contributed by atoms with van der Waals surface area (Å²) >= 11 is 3.44. The molecule has 4 rings (SSSR count). The zero-order valence-electron chi connectivity index (χ0n) is 20.9. The molecule has 0 unspecified atom stereocenters. The molecular weight excluding hydrogens is 504 g/mol. The Labute approximate surface area is 214 Å². The Bertz CT molecular complexity index is 1370. The first-order valence-electron chi connectivity index (χ1n) is 11.6. The smallest absolute Gasteiger partial charge is 0.340 e. The number of hydrogen-bond acceptors (Lipinski definition) is 3. The number of amides is 1. The SMILES string of the molecule is CCOC(=O)C1=C(C)N(c2ccc(Br)cc2)C(=O)/C1=C\c1cc(C)n(-c2cc(C)cc(C)c2)c1C. The predicted octanol–water partition coefficient (Wildman–Crippen LogP) is 6.74. The van der Waals surface area contributed by atoms with Crippen molar-refractivity contribution >= 4 is 39.6 Å². The minimum atomic E-state index is -0.493. The third kappa shape index (κ3) is 4.63. The van der Waals surface area contributed by atoms with Crippen molar-refractivity contribution in [3.63, 3.8) is 0 Å². The number of aryl methyl sites for hydroxylation is 3. The fourth-order valence-corrected chi connectivity index (χ4v) is 5.01. The third-order valence-corrected chi connectivity index (χ3v) is 6.73. The van der Waals surface area contributed by atoms with Crippen molar-refractivity contribution in [1.82, 2.24) is 4.57 Å². The molecule has 1 amide bonds. The molecular formula is C29H29BrN2O3. The van der Waals surface area contributed by atoms with Crippen molar-refractivity contribution in [2.75, 3.05) is 11.5 Å². The number of carbonyl (C=O) groups excluding carboxylic acids is 2. The van der Waals surface area contributed by atoms with Crippen LogP contribution in [0.25, 0.3) is 11.8 Å². The van der Waals surface area contributed by atoms with Crippen molar-refractivity contribution < 1.29 is 14.3 Å². The van der Waals surface area contributed by atoms with Gasteiger partial charge in [-0.25, -0.2) is 4.79 Å². The summed E-state index contributed by atoms with van der Waals surface area (Å²) in [7, 11) is 0. The quantitative estimate of drug-likeness (QED) is 0.270. The number of anilines is 1. The highest BCUT2D eigenvalue weighted by molar-refractivity contribution is 9.10. The first-order chi connectivity index (χ1) is 16.6. The van der Waals surface area contributed by atoms with Crippen molar-refractivity contribution in [3.8, 4) is 5.69 Å². The van der Waals surface area contributed by atoms with Crippen LogP contribution in [0.1, 0.15) is 41.9 Å². The van der Waals surface area contributed by atoms with Gasteiger partial charge in [-0.05, 0) is 107 Å². The van der Waals surface area contributed by atoms with Crippen LogP contribution in [0.3, 0.4) is 0 Å². The van der Waals surface area contributed by atoms with E-state index in [9.17, 15) is 9.59 Å². The summed E-state index contributed by atoms with van der Waals surface area (Å²) < 4.78 is 8.43. The number of halogens is 1. The summed E-state index contributed by atoms with van der Waals surface area (Å²) in [5.41, 5.74) is 8.28. The van der Waals surface area contributed by atoms with E-state index in [1.807, 2.05) is 50.3 Å². The molecule has 0 radical (unpaired) electrons. The molecule has 0 aliphatic carbocycles. The van der Waals surface area contributed by atoms with Gasteiger partial charge in [0.1, 0.15) is 0 Å². The van der Waals surface area contributed by atoms with Crippen molar-refractivity contribution in [3.05, 3.63) is 97.9 Å². The highest BCUT2D eigenvalue weighted by Gasteiger charge is 2.38. The third-order valence-electron chi connectivity index (χ3n) is 6.20. The van der Waals surface area contributed by atoms with Gasteiger partial charge < -0.3 is 9.30 Å². The second kappa shape index (κ2) is 9.70. The van der Waals surface area contributed by atoms with Crippen LogP contribution in [0, 0.1) is 27.7 Å². The molecule has 5 nitrogen and oxygen atoms in total. The molecule has 0 saturated heterocycles. The molecule has 0 spiro atoms. The van der Waals surface area contributed by atoms with Crippen LogP contribution in [0.2, 0.25) is 0 Å². The number of esters is 1. The van der Waals surface area contributed by atoms with Crippen molar-refractivity contribution in [2.24, 2.45) is 0 Å². The van der Waals surface area contributed by atoms with Crippen LogP contribution in [-0.2, 0) is 14.3 Å². The van der Waals surface area contributed by atoms with Crippen LogP contribution in [0.5, 0.6) is 0 Å². The van der Waals surface area contributed by atoms with Crippen molar-refractivity contribution in [1.29, 1.82) is 0 Å². The van der Waals surface area contributed by atoms with Crippen LogP contribution < -0.4 is 4.90 Å². The second-order valence-corrected chi connectivity index (χ2v) is 9.78. The maximum atomic E-state index is 13.7. The molecule has 1 aromatic heterocycles. The lowest BCUT2D eigenvalue weighted by Crippen LogP contribution is -2.24. The summed E-state index contributed by atoms with van der Waals surface area (Å²) in [6, 6.07) is 15.9. The zero-order chi connectivity index (χ0) is 25.4. The van der Waals surface area contributed by atoms with E-state index < -0.39 is 5.97 Å². The molecule has 1 aliphatic heterocycles. The highest BCUT2D eigenvalue weighted by Crippen LogP contribution is 2.37. The van der Waals surface area contributed by atoms with Gasteiger partial charge in [-0.2, -0.15) is 0 Å². The van der Waals surface area contributed by atoms with E-state index in [1.165, 1.54) is 11.1 Å². The Kier molecular flexibility index (Phi) is 6.86. The number of nitrogens with zero attached hydrogens (tertiary/aromatic N) is 2. The molecule has 3 aromatic rings. The Morgan fingerprint density at radius 3 is 2.17 bits per heavy atom. The van der Waals surface area contributed by atoms with E-state index in [2.05, 4.69) is 52.5 Å². The van der Waals surface area contributed by atoms with Gasteiger partial charge in [-0.3, -0.25) is 9.69 Å². The number of benzene rings is 2. The standard InChI is InChI=1S/C29H29BrN2O3/c1-7-35-29(34)27-21(6)32(24-10-8-23(30)9-11-24)28(33)26(27)16-22-15-19(4)31(20(22)5)25-13-17(2)12-18(3)14-25/h8-16H,7H2,1-6H3/b26-16-. The maximum absolute atomic E-state index is 13.7. The van der Waals surface area contributed by atoms with Gasteiger partial charge in [0.15, 0.2) is 0 Å². The zero-order valence-corrected chi connectivity index (χ0v) is 22.5. The highest BCUT2D eigenvalue weighted by atomic mass is 79.9. The molecule has 0 N–H and O–H groups in total. The first-order valence-corrected chi connectivity index (χ1v) is 12.4. The molecule has 0 bridgehead atoms. The Hall–Kier alpha value is -3.38. The minimum absolute atomic E-state index is 0.233. The average Bonchev–Trinajstić information content (AvgIpc) is 3.20. The van der Waals surface area contributed by atoms with Gasteiger partial charge in [-0.1, -0.05) is 22.0 Å². The summed E-state index contributed by atoms with van der Waals surface area (Å²) in [4.78, 5) is 28.2. The molecule has 2 heterocycles. The maximum Gasteiger partial charge on any atom is 0.340 e. The van der Waals surface area contributed by atoms with Gasteiger partial charge in [0, 0.05) is 32.9 Å². The largest absolute Gasteiger partial charge is 0.462 e. The molecule has 35 heavy (non-hydrogen) atoms. The molecule has 180 valence electrons. The lowest BCUT2D eigenvalue weighted by atomic mass is 10.0. The fraction of sp³-hybridized carbons (Fsp3) is 0.241. The number of ether oxygens (including phenoxy) is 1. The lowest BCUT2D eigenvalue weighted by molar-refractivity contribution is -0.138. The van der Waals surface area contributed by atoms with E-state index in [1.54, 1.807) is 18.7 Å².